The molecule has 1 aliphatic rings. The molecule has 0 unspecified atom stereocenters. The van der Waals surface area contributed by atoms with E-state index in [1.165, 1.54) is 6.42 Å². The van der Waals surface area contributed by atoms with E-state index >= 15 is 0 Å². The molecule has 0 radical (unpaired) electrons. The van der Waals surface area contributed by atoms with Gasteiger partial charge >= 0.3 is 6.03 Å². The van der Waals surface area contributed by atoms with Crippen LogP contribution >= 0.6 is 0 Å². The summed E-state index contributed by atoms with van der Waals surface area (Å²) in [5.41, 5.74) is 1.15. The highest BCUT2D eigenvalue weighted by molar-refractivity contribution is 5.95. The third-order valence-electron chi connectivity index (χ3n) is 4.63. The molecule has 148 valence electrons. The Bertz CT molecular complexity index is 828. The molecule has 1 aliphatic heterocycles. The molecular weight excluding hydrogens is 356 g/mol. The van der Waals surface area contributed by atoms with Gasteiger partial charge in [-0.1, -0.05) is 12.5 Å². The lowest BCUT2D eigenvalue weighted by atomic mass is 10.2. The molecule has 0 saturated heterocycles. The number of fused-ring (bicyclic) bond motifs is 1. The number of nitrogens with zero attached hydrogens (tertiary/aromatic N) is 3. The summed E-state index contributed by atoms with van der Waals surface area (Å²) in [6.07, 6.45) is 6.76. The first-order valence-electron chi connectivity index (χ1n) is 9.62. The third kappa shape index (κ3) is 5.18. The molecule has 3 amide bonds. The van der Waals surface area contributed by atoms with Gasteiger partial charge in [-0.25, -0.2) is 4.79 Å². The Morgan fingerprint density at radius 3 is 2.71 bits per heavy atom. The van der Waals surface area contributed by atoms with Crippen molar-refractivity contribution in [3.05, 3.63) is 54.1 Å². The molecule has 2 heterocycles. The summed E-state index contributed by atoms with van der Waals surface area (Å²) in [4.78, 5) is 23.9. The monoisotopic (exact) mass is 382 g/mol. The molecule has 3 rings (SSSR count). The summed E-state index contributed by atoms with van der Waals surface area (Å²) in [6.45, 7) is 5.41. The number of aromatic nitrogens is 3. The van der Waals surface area contributed by atoms with Crippen LogP contribution in [-0.4, -0.2) is 39.8 Å². The number of urea groups is 1. The van der Waals surface area contributed by atoms with Gasteiger partial charge in [0, 0.05) is 43.7 Å². The van der Waals surface area contributed by atoms with Gasteiger partial charge in [-0.3, -0.25) is 4.79 Å². The van der Waals surface area contributed by atoms with Crippen molar-refractivity contribution < 1.29 is 9.59 Å². The maximum atomic E-state index is 12.1. The third-order valence-corrected chi connectivity index (χ3v) is 4.63. The first kappa shape index (κ1) is 19.6. The van der Waals surface area contributed by atoms with Crippen LogP contribution in [0, 0.1) is 0 Å². The number of hydrogen-bond acceptors (Lipinski definition) is 4. The van der Waals surface area contributed by atoms with Crippen LogP contribution in [0.3, 0.4) is 0 Å². The lowest BCUT2D eigenvalue weighted by molar-refractivity contribution is 0.0958. The van der Waals surface area contributed by atoms with Crippen LogP contribution in [0.15, 0.2) is 36.9 Å². The first-order valence-corrected chi connectivity index (χ1v) is 9.62. The lowest BCUT2D eigenvalue weighted by Gasteiger charge is -2.09. The minimum Gasteiger partial charge on any atom is -0.349 e. The number of amides is 3. The summed E-state index contributed by atoms with van der Waals surface area (Å²) >= 11 is 0. The minimum atomic E-state index is -0.292. The highest BCUT2D eigenvalue weighted by Crippen LogP contribution is 2.14. The Hall–Kier alpha value is -3.16. The van der Waals surface area contributed by atoms with Crippen LogP contribution in [0.25, 0.3) is 0 Å². The zero-order chi connectivity index (χ0) is 19.8. The number of carbonyl (C=O) groups is 2. The van der Waals surface area contributed by atoms with E-state index in [4.69, 9.17) is 0 Å². The van der Waals surface area contributed by atoms with Gasteiger partial charge < -0.3 is 20.5 Å². The van der Waals surface area contributed by atoms with Crippen LogP contribution < -0.4 is 16.0 Å². The number of benzene rings is 1. The average molecular weight is 382 g/mol. The van der Waals surface area contributed by atoms with Gasteiger partial charge in [0.2, 0.25) is 0 Å². The predicted octanol–water partition coefficient (Wildman–Crippen LogP) is 2.28. The second-order valence-electron chi connectivity index (χ2n) is 6.70. The molecule has 0 bridgehead atoms. The summed E-state index contributed by atoms with van der Waals surface area (Å²) in [6, 6.07) is 6.43. The molecule has 1 aromatic carbocycles. The smallest absolute Gasteiger partial charge is 0.319 e. The molecule has 0 saturated carbocycles. The van der Waals surface area contributed by atoms with Crippen molar-refractivity contribution in [2.24, 2.45) is 0 Å². The van der Waals surface area contributed by atoms with Gasteiger partial charge in [0.05, 0.1) is 0 Å². The number of anilines is 1. The fraction of sp³-hybridized carbons (Fsp3) is 0.400. The van der Waals surface area contributed by atoms with Crippen molar-refractivity contribution in [1.29, 1.82) is 0 Å². The second-order valence-corrected chi connectivity index (χ2v) is 6.70. The summed E-state index contributed by atoms with van der Waals surface area (Å²) < 4.78 is 2.18. The van der Waals surface area contributed by atoms with Gasteiger partial charge in [0.1, 0.15) is 11.6 Å². The SMILES string of the molecule is C=CCNC(=O)c1ccc(NC(=O)NCCc2nnc3n2CCCCC3)cc1. The van der Waals surface area contributed by atoms with Crippen LogP contribution in [0.4, 0.5) is 10.5 Å². The Morgan fingerprint density at radius 1 is 1.11 bits per heavy atom. The van der Waals surface area contributed by atoms with Gasteiger partial charge in [-0.05, 0) is 37.1 Å². The normalized spacial score (nSPS) is 13.1. The van der Waals surface area contributed by atoms with Gasteiger partial charge in [0.25, 0.3) is 5.91 Å². The molecule has 0 fully saturated rings. The van der Waals surface area contributed by atoms with Gasteiger partial charge in [-0.15, -0.1) is 16.8 Å². The van der Waals surface area contributed by atoms with Crippen LogP contribution in [-0.2, 0) is 19.4 Å². The van der Waals surface area contributed by atoms with Gasteiger partial charge in [-0.2, -0.15) is 0 Å². The molecule has 0 atom stereocenters. The summed E-state index contributed by atoms with van der Waals surface area (Å²) in [7, 11) is 0. The van der Waals surface area contributed by atoms with E-state index in [1.807, 2.05) is 0 Å². The molecule has 28 heavy (non-hydrogen) atoms. The van der Waals surface area contributed by atoms with Crippen LogP contribution in [0.5, 0.6) is 0 Å². The van der Waals surface area contributed by atoms with E-state index in [-0.39, 0.29) is 11.9 Å². The van der Waals surface area contributed by atoms with Crippen molar-refractivity contribution in [3.8, 4) is 0 Å². The van der Waals surface area contributed by atoms with E-state index in [1.54, 1.807) is 30.3 Å². The van der Waals surface area contributed by atoms with Crippen molar-refractivity contribution in [2.45, 2.75) is 38.6 Å². The van der Waals surface area contributed by atoms with Crippen LogP contribution in [0.2, 0.25) is 0 Å². The van der Waals surface area contributed by atoms with Crippen molar-refractivity contribution >= 4 is 17.6 Å². The quantitative estimate of drug-likeness (QED) is 0.640. The van der Waals surface area contributed by atoms with E-state index in [0.717, 1.165) is 37.5 Å². The number of rotatable bonds is 7. The highest BCUT2D eigenvalue weighted by Gasteiger charge is 2.14. The zero-order valence-electron chi connectivity index (χ0n) is 15.9. The van der Waals surface area contributed by atoms with Crippen molar-refractivity contribution in [3.63, 3.8) is 0 Å². The number of aryl methyl sites for hydroxylation is 1. The van der Waals surface area contributed by atoms with Crippen molar-refractivity contribution in [1.82, 2.24) is 25.4 Å². The number of carbonyl (C=O) groups excluding carboxylic acids is 2. The molecule has 8 heteroatoms. The molecule has 3 N–H and O–H groups in total. The predicted molar refractivity (Wildman–Crippen MR) is 107 cm³/mol. The molecule has 2 aromatic rings. The molecule has 0 aliphatic carbocycles. The van der Waals surface area contributed by atoms with E-state index in [0.29, 0.717) is 30.8 Å². The molecular formula is C20H26N6O2. The second kappa shape index (κ2) is 9.68. The fourth-order valence-corrected chi connectivity index (χ4v) is 3.17. The minimum absolute atomic E-state index is 0.177. The lowest BCUT2D eigenvalue weighted by Crippen LogP contribution is -2.31. The molecule has 1 aromatic heterocycles. The first-order chi connectivity index (χ1) is 13.7. The Morgan fingerprint density at radius 2 is 1.93 bits per heavy atom. The Balaban J connectivity index is 1.45. The van der Waals surface area contributed by atoms with E-state index in [9.17, 15) is 9.59 Å². The topological polar surface area (TPSA) is 101 Å². The Labute approximate surface area is 164 Å². The maximum Gasteiger partial charge on any atom is 0.319 e. The van der Waals surface area contributed by atoms with E-state index in [2.05, 4.69) is 37.3 Å². The van der Waals surface area contributed by atoms with Gasteiger partial charge in [0.15, 0.2) is 0 Å². The largest absolute Gasteiger partial charge is 0.349 e. The fourth-order valence-electron chi connectivity index (χ4n) is 3.17. The zero-order valence-corrected chi connectivity index (χ0v) is 15.9. The number of nitrogens with one attached hydrogen (secondary N) is 3. The maximum absolute atomic E-state index is 12.1. The number of hydrogen-bond donors (Lipinski definition) is 3. The summed E-state index contributed by atoms with van der Waals surface area (Å²) in [5.74, 6) is 1.80. The summed E-state index contributed by atoms with van der Waals surface area (Å²) in [5, 5.41) is 16.8. The standard InChI is InChI=1S/C20H26N6O2/c1-2-12-21-19(27)15-7-9-16(10-8-15)23-20(28)22-13-11-18-25-24-17-6-4-3-5-14-26(17)18/h2,7-10H,1,3-6,11-14H2,(H,21,27)(H2,22,23,28). The molecule has 8 nitrogen and oxygen atoms in total. The average Bonchev–Trinajstić information content (AvgIpc) is 2.93. The van der Waals surface area contributed by atoms with E-state index < -0.39 is 0 Å². The van der Waals surface area contributed by atoms with Crippen molar-refractivity contribution in [2.75, 3.05) is 18.4 Å². The Kier molecular flexibility index (Phi) is 6.78. The highest BCUT2D eigenvalue weighted by atomic mass is 16.2. The molecule has 0 spiro atoms. The van der Waals surface area contributed by atoms with Crippen LogP contribution in [0.1, 0.15) is 41.3 Å².